The van der Waals surface area contributed by atoms with Gasteiger partial charge in [0.2, 0.25) is 0 Å². The number of hydrogen-bond acceptors (Lipinski definition) is 6. The summed E-state index contributed by atoms with van der Waals surface area (Å²) in [6.07, 6.45) is 8.25. The van der Waals surface area contributed by atoms with Crippen molar-refractivity contribution in [1.82, 2.24) is 10.2 Å². The van der Waals surface area contributed by atoms with Gasteiger partial charge in [0.15, 0.2) is 0 Å². The minimum atomic E-state index is -2.70. The van der Waals surface area contributed by atoms with Crippen molar-refractivity contribution in [3.05, 3.63) is 52.9 Å². The number of carbonyl (C=O) groups excluding carboxylic acids is 1. The van der Waals surface area contributed by atoms with E-state index in [-0.39, 0.29) is 23.1 Å². The van der Waals surface area contributed by atoms with Gasteiger partial charge in [-0.2, -0.15) is 0 Å². The molecule has 0 aromatic heterocycles. The van der Waals surface area contributed by atoms with E-state index in [1.807, 2.05) is 18.0 Å². The molecule has 4 rings (SSSR count). The quantitative estimate of drug-likeness (QED) is 0.505. The topological polar surface area (TPSA) is 83.9 Å². The molecular formula is C26H31F2N3O4. The third kappa shape index (κ3) is 5.90. The summed E-state index contributed by atoms with van der Waals surface area (Å²) in [6, 6.07) is 3.25. The van der Waals surface area contributed by atoms with E-state index in [1.54, 1.807) is 6.07 Å². The molecule has 35 heavy (non-hydrogen) atoms. The van der Waals surface area contributed by atoms with Crippen molar-refractivity contribution in [2.24, 2.45) is 5.92 Å². The van der Waals surface area contributed by atoms with Crippen LogP contribution in [0.5, 0.6) is 11.5 Å². The first-order valence-corrected chi connectivity index (χ1v) is 11.8. The van der Waals surface area contributed by atoms with E-state index in [2.05, 4.69) is 17.6 Å². The third-order valence-electron chi connectivity index (χ3n) is 6.37. The summed E-state index contributed by atoms with van der Waals surface area (Å²) in [6.45, 7) is 0.634. The Balaban J connectivity index is 1.71. The molecule has 188 valence electrons. The van der Waals surface area contributed by atoms with E-state index in [9.17, 15) is 13.6 Å². The maximum atomic E-state index is 13.0. The number of methoxy groups -OCH3 is 1. The third-order valence-corrected chi connectivity index (χ3v) is 6.37. The molecule has 1 saturated heterocycles. The van der Waals surface area contributed by atoms with Crippen LogP contribution in [0, 0.1) is 11.3 Å². The molecule has 2 aliphatic heterocycles. The van der Waals surface area contributed by atoms with E-state index in [0.29, 0.717) is 17.1 Å². The van der Waals surface area contributed by atoms with E-state index in [0.717, 1.165) is 44.6 Å². The van der Waals surface area contributed by atoms with Crippen LogP contribution >= 0.6 is 0 Å². The van der Waals surface area contributed by atoms with Crippen molar-refractivity contribution in [3.63, 3.8) is 0 Å². The van der Waals surface area contributed by atoms with E-state index < -0.39 is 18.9 Å². The molecule has 2 N–H and O–H groups in total. The van der Waals surface area contributed by atoms with Crippen LogP contribution < -0.4 is 14.8 Å². The number of halogens is 2. The minimum absolute atomic E-state index is 0.00127. The van der Waals surface area contributed by atoms with Crippen molar-refractivity contribution < 1.29 is 27.8 Å². The zero-order valence-corrected chi connectivity index (χ0v) is 20.0. The van der Waals surface area contributed by atoms with Crippen molar-refractivity contribution >= 4 is 17.7 Å². The molecule has 0 radical (unpaired) electrons. The number of amides is 1. The van der Waals surface area contributed by atoms with Crippen molar-refractivity contribution in [2.45, 2.75) is 38.2 Å². The SMILES string of the molecule is COc1cc(/C(C=N)=C2\C=CC(C3CCOCC3)=CN2C)cc(OCC(F)F)c1C(=O)NC1CC1. The van der Waals surface area contributed by atoms with Crippen LogP contribution in [0.4, 0.5) is 8.78 Å². The first-order chi connectivity index (χ1) is 16.9. The zero-order chi connectivity index (χ0) is 24.9. The smallest absolute Gasteiger partial charge is 0.272 e. The molecule has 0 spiro atoms. The summed E-state index contributed by atoms with van der Waals surface area (Å²) in [4.78, 5) is 14.8. The van der Waals surface area contributed by atoms with Gasteiger partial charge in [0.05, 0.1) is 7.11 Å². The highest BCUT2D eigenvalue weighted by Gasteiger charge is 2.29. The standard InChI is InChI=1S/C26H31F2N3O4/c1-31-14-17(16-7-9-34-10-8-16)3-6-21(31)20(13-29)18-11-22(33-2)25(26(32)30-19-4-5-19)23(12-18)35-15-24(27)28/h3,6,11-14,16,19,24,29H,4-5,7-10,15H2,1-2H3,(H,30,32)/b21-20+,29-13?. The molecule has 0 atom stereocenters. The van der Waals surface area contributed by atoms with Gasteiger partial charge in [-0.1, -0.05) is 6.08 Å². The highest BCUT2D eigenvalue weighted by atomic mass is 19.3. The molecular weight excluding hydrogens is 456 g/mol. The van der Waals surface area contributed by atoms with E-state index in [1.165, 1.54) is 25.0 Å². The molecule has 0 unspecified atom stereocenters. The Hall–Kier alpha value is -3.20. The molecule has 1 saturated carbocycles. The second-order valence-electron chi connectivity index (χ2n) is 8.90. The Bertz CT molecular complexity index is 1060. The fourth-order valence-corrected chi connectivity index (χ4v) is 4.37. The largest absolute Gasteiger partial charge is 0.496 e. The van der Waals surface area contributed by atoms with Crippen LogP contribution in [0.15, 0.2) is 41.8 Å². The summed E-state index contributed by atoms with van der Waals surface area (Å²) < 4.78 is 42.3. The van der Waals surface area contributed by atoms with Crippen molar-refractivity contribution in [3.8, 4) is 11.5 Å². The average Bonchev–Trinajstić information content (AvgIpc) is 3.68. The molecule has 1 aliphatic carbocycles. The number of rotatable bonds is 9. The second kappa shape index (κ2) is 11.0. The molecule has 2 fully saturated rings. The molecule has 1 aromatic rings. The number of nitrogens with zero attached hydrogens (tertiary/aromatic N) is 1. The van der Waals surface area contributed by atoms with Crippen LogP contribution in [0.25, 0.3) is 5.57 Å². The lowest BCUT2D eigenvalue weighted by atomic mass is 9.89. The van der Waals surface area contributed by atoms with E-state index >= 15 is 0 Å². The number of nitrogens with one attached hydrogen (secondary N) is 2. The van der Waals surface area contributed by atoms with Gasteiger partial charge >= 0.3 is 0 Å². The number of hydrogen-bond donors (Lipinski definition) is 2. The summed E-state index contributed by atoms with van der Waals surface area (Å²) in [5.41, 5.74) is 3.11. The van der Waals surface area contributed by atoms with Gasteiger partial charge in [0.25, 0.3) is 12.3 Å². The summed E-state index contributed by atoms with van der Waals surface area (Å²) in [5.74, 6) is 0.193. The first kappa shape index (κ1) is 24.9. The molecule has 1 amide bonds. The monoisotopic (exact) mass is 487 g/mol. The highest BCUT2D eigenvalue weighted by molar-refractivity contribution is 6.11. The van der Waals surface area contributed by atoms with E-state index in [4.69, 9.17) is 19.6 Å². The zero-order valence-electron chi connectivity index (χ0n) is 20.0. The summed E-state index contributed by atoms with van der Waals surface area (Å²) in [5, 5.41) is 11.0. The summed E-state index contributed by atoms with van der Waals surface area (Å²) >= 11 is 0. The highest BCUT2D eigenvalue weighted by Crippen LogP contribution is 2.37. The van der Waals surface area contributed by atoms with Gasteiger partial charge < -0.3 is 29.8 Å². The van der Waals surface area contributed by atoms with Gasteiger partial charge in [0, 0.05) is 50.0 Å². The fourth-order valence-electron chi connectivity index (χ4n) is 4.37. The Morgan fingerprint density at radius 2 is 1.94 bits per heavy atom. The summed E-state index contributed by atoms with van der Waals surface area (Å²) in [7, 11) is 3.32. The Labute approximate surface area is 203 Å². The maximum Gasteiger partial charge on any atom is 0.272 e. The Morgan fingerprint density at radius 3 is 2.54 bits per heavy atom. The van der Waals surface area contributed by atoms with Gasteiger partial charge in [0.1, 0.15) is 23.7 Å². The molecule has 3 aliphatic rings. The number of carbonyl (C=O) groups is 1. The molecule has 1 aromatic carbocycles. The van der Waals surface area contributed by atoms with Crippen molar-refractivity contribution in [2.75, 3.05) is 34.0 Å². The van der Waals surface area contributed by atoms with Crippen LogP contribution in [0.3, 0.4) is 0 Å². The molecule has 7 nitrogen and oxygen atoms in total. The maximum absolute atomic E-state index is 13.0. The van der Waals surface area contributed by atoms with Gasteiger partial charge in [-0.15, -0.1) is 0 Å². The Kier molecular flexibility index (Phi) is 7.85. The number of allylic oxidation sites excluding steroid dienone is 4. The van der Waals surface area contributed by atoms with Crippen molar-refractivity contribution in [1.29, 1.82) is 5.41 Å². The number of benzene rings is 1. The molecule has 9 heteroatoms. The van der Waals surface area contributed by atoms with Crippen LogP contribution in [-0.2, 0) is 4.74 Å². The normalized spacial score (nSPS) is 19.9. The van der Waals surface area contributed by atoms with Crippen LogP contribution in [-0.4, -0.2) is 63.5 Å². The lowest BCUT2D eigenvalue weighted by molar-refractivity contribution is 0.0762. The fraction of sp³-hybridized carbons (Fsp3) is 0.462. The second-order valence-corrected chi connectivity index (χ2v) is 8.90. The minimum Gasteiger partial charge on any atom is -0.496 e. The Morgan fingerprint density at radius 1 is 1.23 bits per heavy atom. The van der Waals surface area contributed by atoms with Crippen LogP contribution in [0.2, 0.25) is 0 Å². The molecule has 0 bridgehead atoms. The van der Waals surface area contributed by atoms with Gasteiger partial charge in [-0.3, -0.25) is 4.79 Å². The lowest BCUT2D eigenvalue weighted by Gasteiger charge is -2.29. The first-order valence-electron chi connectivity index (χ1n) is 11.8. The van der Waals surface area contributed by atoms with Gasteiger partial charge in [-0.05, 0) is 60.9 Å². The number of likely N-dealkylation sites (N-methyl/N-ethyl adjacent to an activating group) is 1. The number of alkyl halides is 2. The number of ether oxygens (including phenoxy) is 3. The average molecular weight is 488 g/mol. The predicted molar refractivity (Wildman–Crippen MR) is 129 cm³/mol. The van der Waals surface area contributed by atoms with Gasteiger partial charge in [-0.25, -0.2) is 8.78 Å². The molecule has 2 heterocycles. The predicted octanol–water partition coefficient (Wildman–Crippen LogP) is 4.40. The van der Waals surface area contributed by atoms with Crippen LogP contribution in [0.1, 0.15) is 41.6 Å². The lowest BCUT2D eigenvalue weighted by Crippen LogP contribution is -2.27.